The fraction of sp³-hybridized carbons (Fsp3) is 0.267. The molecule has 3 nitrogen and oxygen atoms in total. The highest BCUT2D eigenvalue weighted by molar-refractivity contribution is 6.36. The Morgan fingerprint density at radius 3 is 2.50 bits per heavy atom. The van der Waals surface area contributed by atoms with Gasteiger partial charge in [-0.15, -0.1) is 0 Å². The largest absolute Gasteiger partial charge is 0.398 e. The Labute approximate surface area is 129 Å². The van der Waals surface area contributed by atoms with Crippen LogP contribution < -0.4 is 11.1 Å². The van der Waals surface area contributed by atoms with E-state index in [-0.39, 0.29) is 6.04 Å². The van der Waals surface area contributed by atoms with Gasteiger partial charge in [0.1, 0.15) is 0 Å². The Balaban J connectivity index is 2.16. The summed E-state index contributed by atoms with van der Waals surface area (Å²) in [6, 6.07) is 7.56. The molecule has 0 spiro atoms. The first-order chi connectivity index (χ1) is 9.61. The number of nitrogen functional groups attached to an aromatic ring is 1. The van der Waals surface area contributed by atoms with Crippen molar-refractivity contribution in [3.8, 4) is 0 Å². The number of halogens is 2. The summed E-state index contributed by atoms with van der Waals surface area (Å²) < 4.78 is 0. The molecule has 0 amide bonds. The molecule has 1 unspecified atom stereocenters. The molecule has 0 bridgehead atoms. The van der Waals surface area contributed by atoms with Crippen LogP contribution >= 0.6 is 23.2 Å². The van der Waals surface area contributed by atoms with Gasteiger partial charge in [-0.05, 0) is 49.2 Å². The predicted molar refractivity (Wildman–Crippen MR) is 85.4 cm³/mol. The number of anilines is 1. The number of benzene rings is 1. The van der Waals surface area contributed by atoms with Crippen LogP contribution in [0, 0.1) is 0 Å². The molecule has 1 heterocycles. The van der Waals surface area contributed by atoms with E-state index in [0.29, 0.717) is 10.0 Å². The van der Waals surface area contributed by atoms with Crippen molar-refractivity contribution >= 4 is 28.9 Å². The minimum absolute atomic E-state index is 0.193. The van der Waals surface area contributed by atoms with E-state index in [0.717, 1.165) is 29.7 Å². The van der Waals surface area contributed by atoms with Crippen LogP contribution in [0.25, 0.3) is 0 Å². The quantitative estimate of drug-likeness (QED) is 0.890. The number of nitrogens with one attached hydrogen (secondary N) is 1. The second kappa shape index (κ2) is 6.93. The number of likely N-dealkylation sites (N-methyl/N-ethyl adjacent to an activating group) is 1. The number of nitrogens with two attached hydrogens (primary N) is 1. The van der Waals surface area contributed by atoms with Crippen molar-refractivity contribution in [1.82, 2.24) is 10.3 Å². The van der Waals surface area contributed by atoms with E-state index < -0.39 is 0 Å². The van der Waals surface area contributed by atoms with Crippen LogP contribution in [0.2, 0.25) is 10.0 Å². The summed E-state index contributed by atoms with van der Waals surface area (Å²) in [7, 11) is 1.92. The molecule has 5 heteroatoms. The molecule has 2 aromatic rings. The van der Waals surface area contributed by atoms with E-state index in [1.807, 2.05) is 31.3 Å². The van der Waals surface area contributed by atoms with E-state index >= 15 is 0 Å². The van der Waals surface area contributed by atoms with Gasteiger partial charge in [0.25, 0.3) is 0 Å². The number of aromatic nitrogens is 1. The fourth-order valence-electron chi connectivity index (χ4n) is 2.12. The lowest BCUT2D eigenvalue weighted by atomic mass is 9.99. The summed E-state index contributed by atoms with van der Waals surface area (Å²) in [6.45, 7) is 0. The van der Waals surface area contributed by atoms with E-state index in [4.69, 9.17) is 28.9 Å². The van der Waals surface area contributed by atoms with Gasteiger partial charge in [-0.1, -0.05) is 29.3 Å². The maximum Gasteiger partial charge on any atom is 0.0453 e. The molecule has 3 N–H and O–H groups in total. The average Bonchev–Trinajstić information content (AvgIpc) is 2.44. The molecular formula is C15H17Cl2N3. The summed E-state index contributed by atoms with van der Waals surface area (Å²) in [4.78, 5) is 4.12. The van der Waals surface area contributed by atoms with E-state index in [9.17, 15) is 0 Å². The van der Waals surface area contributed by atoms with Gasteiger partial charge in [0.15, 0.2) is 0 Å². The Morgan fingerprint density at radius 1 is 1.20 bits per heavy atom. The van der Waals surface area contributed by atoms with Gasteiger partial charge in [0.2, 0.25) is 0 Å². The van der Waals surface area contributed by atoms with Crippen LogP contribution in [0.15, 0.2) is 36.7 Å². The lowest BCUT2D eigenvalue weighted by Crippen LogP contribution is -2.30. The highest BCUT2D eigenvalue weighted by atomic mass is 35.5. The maximum absolute atomic E-state index is 6.22. The third-order valence-corrected chi connectivity index (χ3v) is 4.04. The van der Waals surface area contributed by atoms with Crippen molar-refractivity contribution in [1.29, 1.82) is 0 Å². The minimum atomic E-state index is 0.193. The van der Waals surface area contributed by atoms with Crippen molar-refractivity contribution in [2.24, 2.45) is 0 Å². The third-order valence-electron chi connectivity index (χ3n) is 3.33. The van der Waals surface area contributed by atoms with E-state index in [1.165, 1.54) is 0 Å². The molecule has 0 aliphatic carbocycles. The maximum atomic E-state index is 6.22. The van der Waals surface area contributed by atoms with Crippen molar-refractivity contribution in [3.63, 3.8) is 0 Å². The van der Waals surface area contributed by atoms with Gasteiger partial charge in [-0.25, -0.2) is 0 Å². The van der Waals surface area contributed by atoms with Gasteiger partial charge >= 0.3 is 0 Å². The smallest absolute Gasteiger partial charge is 0.0453 e. The van der Waals surface area contributed by atoms with Gasteiger partial charge in [0, 0.05) is 34.2 Å². The topological polar surface area (TPSA) is 50.9 Å². The Hall–Kier alpha value is -1.29. The minimum Gasteiger partial charge on any atom is -0.398 e. The molecule has 1 atom stereocenters. The first-order valence-corrected chi connectivity index (χ1v) is 7.16. The van der Waals surface area contributed by atoms with Gasteiger partial charge in [0.05, 0.1) is 0 Å². The third kappa shape index (κ3) is 3.63. The predicted octanol–water partition coefficient (Wildman–Crippen LogP) is 3.34. The normalized spacial score (nSPS) is 12.3. The number of rotatable bonds is 5. The monoisotopic (exact) mass is 309 g/mol. The van der Waals surface area contributed by atoms with Gasteiger partial charge < -0.3 is 11.1 Å². The van der Waals surface area contributed by atoms with Crippen LogP contribution in [-0.2, 0) is 12.8 Å². The summed E-state index contributed by atoms with van der Waals surface area (Å²) in [5.74, 6) is 0. The van der Waals surface area contributed by atoms with Crippen molar-refractivity contribution in [2.45, 2.75) is 18.9 Å². The standard InChI is InChI=1S/C15H17Cl2N3/c1-19-11(7-10-9-20-6-5-15(10)18)8-12-13(16)3-2-4-14(12)17/h2-6,9,11,19H,7-8H2,1H3,(H2,18,20). The molecule has 0 saturated heterocycles. The van der Waals surface area contributed by atoms with Crippen LogP contribution in [0.3, 0.4) is 0 Å². The lowest BCUT2D eigenvalue weighted by molar-refractivity contribution is 0.556. The summed E-state index contributed by atoms with van der Waals surface area (Å²) in [5.41, 5.74) is 8.69. The first-order valence-electron chi connectivity index (χ1n) is 6.40. The van der Waals surface area contributed by atoms with Crippen LogP contribution in [0.1, 0.15) is 11.1 Å². The summed E-state index contributed by atoms with van der Waals surface area (Å²) in [6.07, 6.45) is 5.01. The molecule has 0 radical (unpaired) electrons. The van der Waals surface area contributed by atoms with E-state index in [1.54, 1.807) is 12.4 Å². The lowest BCUT2D eigenvalue weighted by Gasteiger charge is -2.18. The first kappa shape index (κ1) is 15.1. The molecule has 106 valence electrons. The summed E-state index contributed by atoms with van der Waals surface area (Å²) in [5, 5.41) is 4.66. The molecule has 0 fully saturated rings. The van der Waals surface area contributed by atoms with Crippen LogP contribution in [0.4, 0.5) is 5.69 Å². The van der Waals surface area contributed by atoms with Crippen molar-refractivity contribution < 1.29 is 0 Å². The second-order valence-corrected chi connectivity index (χ2v) is 5.48. The Bertz CT molecular complexity index is 567. The molecule has 0 aliphatic heterocycles. The van der Waals surface area contributed by atoms with Crippen LogP contribution in [-0.4, -0.2) is 18.1 Å². The zero-order valence-electron chi connectivity index (χ0n) is 11.2. The highest BCUT2D eigenvalue weighted by Crippen LogP contribution is 2.26. The summed E-state index contributed by atoms with van der Waals surface area (Å²) >= 11 is 12.4. The highest BCUT2D eigenvalue weighted by Gasteiger charge is 2.14. The zero-order valence-corrected chi connectivity index (χ0v) is 12.7. The van der Waals surface area contributed by atoms with E-state index in [2.05, 4.69) is 10.3 Å². The molecule has 0 saturated carbocycles. The molecule has 1 aromatic carbocycles. The Kier molecular flexibility index (Phi) is 5.24. The number of hydrogen-bond acceptors (Lipinski definition) is 3. The zero-order chi connectivity index (χ0) is 14.5. The Morgan fingerprint density at radius 2 is 1.90 bits per heavy atom. The molecular weight excluding hydrogens is 293 g/mol. The fourth-order valence-corrected chi connectivity index (χ4v) is 2.68. The SMILES string of the molecule is CNC(Cc1cnccc1N)Cc1c(Cl)cccc1Cl. The molecule has 20 heavy (non-hydrogen) atoms. The molecule has 2 rings (SSSR count). The molecule has 1 aromatic heterocycles. The molecule has 0 aliphatic rings. The number of hydrogen-bond donors (Lipinski definition) is 2. The number of pyridine rings is 1. The van der Waals surface area contributed by atoms with Crippen LogP contribution in [0.5, 0.6) is 0 Å². The van der Waals surface area contributed by atoms with Gasteiger partial charge in [-0.3, -0.25) is 4.98 Å². The average molecular weight is 310 g/mol. The second-order valence-electron chi connectivity index (χ2n) is 4.67. The van der Waals surface area contributed by atoms with Crippen molar-refractivity contribution in [3.05, 3.63) is 57.8 Å². The number of nitrogens with zero attached hydrogens (tertiary/aromatic N) is 1. The van der Waals surface area contributed by atoms with Gasteiger partial charge in [-0.2, -0.15) is 0 Å². The van der Waals surface area contributed by atoms with Crippen molar-refractivity contribution in [2.75, 3.05) is 12.8 Å².